The average Bonchev–Trinajstić information content (AvgIpc) is 2.73. The summed E-state index contributed by atoms with van der Waals surface area (Å²) in [6, 6.07) is 15.0. The number of methoxy groups -OCH3 is 1. The summed E-state index contributed by atoms with van der Waals surface area (Å²) in [7, 11) is -2.45. The number of rotatable bonds is 6. The van der Waals surface area contributed by atoms with Crippen molar-refractivity contribution in [3.8, 4) is 11.1 Å². The summed E-state index contributed by atoms with van der Waals surface area (Å²) in [5.41, 5.74) is 7.18. The summed E-state index contributed by atoms with van der Waals surface area (Å²) < 4.78 is 30.4. The molecule has 2 aromatic carbocycles. The highest BCUT2D eigenvalue weighted by atomic mass is 32.2. The summed E-state index contributed by atoms with van der Waals surface area (Å²) in [5.74, 6) is -1.35. The quantitative estimate of drug-likeness (QED) is 0.676. The number of sulfonamides is 1. The van der Waals surface area contributed by atoms with Gasteiger partial charge in [0, 0.05) is 13.1 Å². The summed E-state index contributed by atoms with van der Waals surface area (Å²) in [5, 5.41) is 0. The monoisotopic (exact) mass is 413 g/mol. The summed E-state index contributed by atoms with van der Waals surface area (Å²) in [6.07, 6.45) is 3.56. The molecule has 0 unspecified atom stereocenters. The van der Waals surface area contributed by atoms with Gasteiger partial charge in [-0.2, -0.15) is 4.31 Å². The maximum atomic E-state index is 12.3. The normalized spacial score (nSPS) is 15.1. The second-order valence-electron chi connectivity index (χ2n) is 7.25. The van der Waals surface area contributed by atoms with Gasteiger partial charge in [0.05, 0.1) is 7.11 Å². The van der Waals surface area contributed by atoms with Crippen molar-refractivity contribution in [3.63, 3.8) is 0 Å². The van der Waals surface area contributed by atoms with E-state index in [1.54, 1.807) is 0 Å². The van der Waals surface area contributed by atoms with Crippen molar-refractivity contribution in [2.24, 2.45) is 0 Å². The summed E-state index contributed by atoms with van der Waals surface area (Å²) in [4.78, 5) is 11.3. The van der Waals surface area contributed by atoms with Crippen LogP contribution in [0.5, 0.6) is 0 Å². The number of hydrogen-bond donors (Lipinski definition) is 0. The lowest BCUT2D eigenvalue weighted by Crippen LogP contribution is -2.38. The molecule has 3 rings (SSSR count). The van der Waals surface area contributed by atoms with Gasteiger partial charge in [0.15, 0.2) is 5.75 Å². The molecule has 0 fully saturated rings. The fourth-order valence-corrected chi connectivity index (χ4v) is 4.88. The van der Waals surface area contributed by atoms with Gasteiger partial charge >= 0.3 is 5.97 Å². The number of hydrogen-bond acceptors (Lipinski definition) is 4. The van der Waals surface area contributed by atoms with Crippen molar-refractivity contribution in [1.82, 2.24) is 4.31 Å². The molecule has 0 aliphatic carbocycles. The van der Waals surface area contributed by atoms with Crippen LogP contribution in [-0.4, -0.2) is 44.6 Å². The molecule has 0 amide bonds. The van der Waals surface area contributed by atoms with Crippen molar-refractivity contribution in [2.45, 2.75) is 26.7 Å². The van der Waals surface area contributed by atoms with Crippen molar-refractivity contribution in [3.05, 3.63) is 65.2 Å². The first kappa shape index (κ1) is 21.3. The molecule has 0 aromatic heterocycles. The minimum atomic E-state index is -3.64. The van der Waals surface area contributed by atoms with Crippen LogP contribution in [0.25, 0.3) is 16.7 Å². The zero-order valence-electron chi connectivity index (χ0n) is 17.1. The molecule has 5 nitrogen and oxygen atoms in total. The van der Waals surface area contributed by atoms with Gasteiger partial charge in [-0.25, -0.2) is 8.42 Å². The molecule has 0 N–H and O–H groups in total. The highest BCUT2D eigenvalue weighted by Gasteiger charge is 2.27. The SMILES string of the molecule is CCc1cccc(-c2ccc(C3=CCN(S(=O)(=O)CC(=O)OC)CC3)cc2C)c1. The van der Waals surface area contributed by atoms with E-state index in [0.717, 1.165) is 17.6 Å². The Morgan fingerprint density at radius 3 is 2.55 bits per heavy atom. The van der Waals surface area contributed by atoms with Crippen LogP contribution in [0.15, 0.2) is 48.5 Å². The lowest BCUT2D eigenvalue weighted by Gasteiger charge is -2.25. The van der Waals surface area contributed by atoms with E-state index in [9.17, 15) is 13.2 Å². The van der Waals surface area contributed by atoms with Crippen LogP contribution in [0, 0.1) is 6.92 Å². The van der Waals surface area contributed by atoms with Crippen LogP contribution < -0.4 is 0 Å². The maximum Gasteiger partial charge on any atom is 0.322 e. The van der Waals surface area contributed by atoms with Crippen LogP contribution >= 0.6 is 0 Å². The Morgan fingerprint density at radius 2 is 1.93 bits per heavy atom. The van der Waals surface area contributed by atoms with E-state index in [0.29, 0.717) is 13.0 Å². The molecule has 0 bridgehead atoms. The van der Waals surface area contributed by atoms with E-state index in [2.05, 4.69) is 61.0 Å². The third-order valence-corrected chi connectivity index (χ3v) is 7.06. The lowest BCUT2D eigenvalue weighted by molar-refractivity contribution is -0.137. The fraction of sp³-hybridized carbons (Fsp3) is 0.348. The van der Waals surface area contributed by atoms with Gasteiger partial charge in [-0.05, 0) is 53.2 Å². The zero-order chi connectivity index (χ0) is 21.0. The van der Waals surface area contributed by atoms with Crippen molar-refractivity contribution in [2.75, 3.05) is 26.0 Å². The van der Waals surface area contributed by atoms with E-state index in [4.69, 9.17) is 0 Å². The van der Waals surface area contributed by atoms with Crippen LogP contribution in [0.2, 0.25) is 0 Å². The predicted molar refractivity (Wildman–Crippen MR) is 116 cm³/mol. The van der Waals surface area contributed by atoms with E-state index in [1.807, 2.05) is 6.08 Å². The number of benzene rings is 2. The van der Waals surface area contributed by atoms with Crippen LogP contribution in [0.4, 0.5) is 0 Å². The maximum absolute atomic E-state index is 12.3. The summed E-state index contributed by atoms with van der Waals surface area (Å²) >= 11 is 0. The molecule has 2 aromatic rings. The number of carbonyl (C=O) groups excluding carboxylic acids is 1. The molecule has 0 radical (unpaired) electrons. The Morgan fingerprint density at radius 1 is 1.14 bits per heavy atom. The highest BCUT2D eigenvalue weighted by Crippen LogP contribution is 2.30. The minimum Gasteiger partial charge on any atom is -0.468 e. The Bertz CT molecular complexity index is 1040. The number of ether oxygens (including phenoxy) is 1. The lowest BCUT2D eigenvalue weighted by atomic mass is 9.93. The molecule has 6 heteroatoms. The smallest absolute Gasteiger partial charge is 0.322 e. The molecular formula is C23H27NO4S. The minimum absolute atomic E-state index is 0.272. The Hall–Kier alpha value is -2.44. The Labute approximate surface area is 173 Å². The van der Waals surface area contributed by atoms with E-state index >= 15 is 0 Å². The number of nitrogens with zero attached hydrogens (tertiary/aromatic N) is 1. The molecule has 0 saturated carbocycles. The second-order valence-corrected chi connectivity index (χ2v) is 9.22. The average molecular weight is 414 g/mol. The second kappa shape index (κ2) is 8.93. The molecule has 0 atom stereocenters. The Balaban J connectivity index is 1.78. The van der Waals surface area contributed by atoms with Gasteiger partial charge in [-0.1, -0.05) is 55.5 Å². The van der Waals surface area contributed by atoms with Gasteiger partial charge in [-0.15, -0.1) is 0 Å². The topological polar surface area (TPSA) is 63.7 Å². The van der Waals surface area contributed by atoms with Crippen LogP contribution in [-0.2, 0) is 26.0 Å². The van der Waals surface area contributed by atoms with E-state index in [1.165, 1.54) is 33.7 Å². The first-order chi connectivity index (χ1) is 13.8. The molecule has 0 spiro atoms. The van der Waals surface area contributed by atoms with Gasteiger partial charge < -0.3 is 4.74 Å². The highest BCUT2D eigenvalue weighted by molar-refractivity contribution is 7.89. The van der Waals surface area contributed by atoms with Gasteiger partial charge in [-0.3, -0.25) is 4.79 Å². The largest absolute Gasteiger partial charge is 0.468 e. The van der Waals surface area contributed by atoms with E-state index < -0.39 is 21.7 Å². The third-order valence-electron chi connectivity index (χ3n) is 5.34. The van der Waals surface area contributed by atoms with Gasteiger partial charge in [0.25, 0.3) is 0 Å². The summed E-state index contributed by atoms with van der Waals surface area (Å²) in [6.45, 7) is 4.89. The number of esters is 1. The number of carbonyl (C=O) groups is 1. The first-order valence-electron chi connectivity index (χ1n) is 9.78. The Kier molecular flexibility index (Phi) is 6.55. The molecule has 0 saturated heterocycles. The molecule has 1 aliphatic heterocycles. The van der Waals surface area contributed by atoms with Crippen LogP contribution in [0.3, 0.4) is 0 Å². The van der Waals surface area contributed by atoms with Gasteiger partial charge in [0.2, 0.25) is 10.0 Å². The number of aryl methyl sites for hydroxylation is 2. The molecule has 1 aliphatic rings. The molecule has 29 heavy (non-hydrogen) atoms. The zero-order valence-corrected chi connectivity index (χ0v) is 18.0. The standard InChI is InChI=1S/C23H27NO4S/c1-4-18-6-5-7-21(15-18)22-9-8-20(14-17(22)2)19-10-12-24(13-11-19)29(26,27)16-23(25)28-3/h5-10,14-15H,4,11-13,16H2,1-3H3. The van der Waals surface area contributed by atoms with Crippen molar-refractivity contribution < 1.29 is 17.9 Å². The third kappa shape index (κ3) is 4.95. The van der Waals surface area contributed by atoms with Crippen LogP contribution in [0.1, 0.15) is 30.0 Å². The first-order valence-corrected chi connectivity index (χ1v) is 11.4. The molecule has 154 valence electrons. The van der Waals surface area contributed by atoms with Crippen molar-refractivity contribution >= 4 is 21.6 Å². The predicted octanol–water partition coefficient (Wildman–Crippen LogP) is 3.82. The van der Waals surface area contributed by atoms with Crippen molar-refractivity contribution in [1.29, 1.82) is 0 Å². The fourth-order valence-electron chi connectivity index (χ4n) is 3.61. The molecular weight excluding hydrogens is 386 g/mol. The van der Waals surface area contributed by atoms with E-state index in [-0.39, 0.29) is 6.54 Å². The molecule has 1 heterocycles. The van der Waals surface area contributed by atoms with Gasteiger partial charge in [0.1, 0.15) is 0 Å².